The molecule has 1 aliphatic heterocycles. The van der Waals surface area contributed by atoms with Crippen LogP contribution in [0.5, 0.6) is 0 Å². The van der Waals surface area contributed by atoms with Crippen molar-refractivity contribution in [2.45, 2.75) is 5.92 Å². The van der Waals surface area contributed by atoms with Crippen LogP contribution in [0.1, 0.15) is 17.0 Å². The summed E-state index contributed by atoms with van der Waals surface area (Å²) in [5, 5.41) is 21.2. The minimum atomic E-state index is -0.782. The zero-order valence-corrected chi connectivity index (χ0v) is 19.7. The third-order valence-corrected chi connectivity index (χ3v) is 7.49. The van der Waals surface area contributed by atoms with E-state index in [1.165, 1.54) is 4.57 Å². The van der Waals surface area contributed by atoms with Gasteiger partial charge in [0.25, 0.3) is 5.56 Å². The smallest absolute Gasteiger partial charge is 0.274 e. The third-order valence-electron chi connectivity index (χ3n) is 4.91. The number of hydrogen-bond acceptors (Lipinski definition) is 5. The van der Waals surface area contributed by atoms with E-state index in [9.17, 15) is 15.3 Å². The van der Waals surface area contributed by atoms with Crippen molar-refractivity contribution in [1.82, 2.24) is 4.57 Å². The maximum absolute atomic E-state index is 13.1. The highest BCUT2D eigenvalue weighted by Gasteiger charge is 2.32. The highest BCUT2D eigenvalue weighted by molar-refractivity contribution is 7.07. The summed E-state index contributed by atoms with van der Waals surface area (Å²) in [5.41, 5.74) is 7.32. The fraction of sp³-hybridized carbons (Fsp3) is 0.0455. The molecule has 0 fully saturated rings. The van der Waals surface area contributed by atoms with Gasteiger partial charge in [-0.25, -0.2) is 0 Å². The van der Waals surface area contributed by atoms with Gasteiger partial charge < -0.3 is 5.73 Å². The SMILES string of the molecule is N#CC1=C(N)n2c(s/c(=C\c3ccc(Cl)c(Cl)c3)c2=O)=C(C#N)[C@H]1c1ccc(Cl)c(Cl)c1. The van der Waals surface area contributed by atoms with Crippen LogP contribution in [0.3, 0.4) is 0 Å². The molecule has 2 N–H and O–H groups in total. The first-order valence-corrected chi connectivity index (χ1v) is 11.3. The fourth-order valence-corrected chi connectivity index (χ4v) is 5.17. The molecule has 5 nitrogen and oxygen atoms in total. The van der Waals surface area contributed by atoms with Crippen LogP contribution in [0, 0.1) is 22.7 Å². The molecule has 10 heteroatoms. The second kappa shape index (κ2) is 8.67. The zero-order valence-electron chi connectivity index (χ0n) is 15.9. The molecule has 0 spiro atoms. The first-order chi connectivity index (χ1) is 15.3. The van der Waals surface area contributed by atoms with Crippen LogP contribution in [0.4, 0.5) is 0 Å². The molecule has 32 heavy (non-hydrogen) atoms. The number of halogens is 4. The van der Waals surface area contributed by atoms with Crippen LogP contribution < -0.4 is 20.5 Å². The molecule has 158 valence electrons. The first kappa shape index (κ1) is 22.5. The number of aromatic nitrogens is 1. The number of allylic oxidation sites excluding steroid dienone is 1. The van der Waals surface area contributed by atoms with E-state index >= 15 is 0 Å². The quantitative estimate of drug-likeness (QED) is 0.540. The largest absolute Gasteiger partial charge is 0.384 e. The van der Waals surface area contributed by atoms with Crippen LogP contribution in [-0.2, 0) is 0 Å². The molecule has 1 aromatic heterocycles. The summed E-state index contributed by atoms with van der Waals surface area (Å²) in [5.74, 6) is -0.816. The Labute approximate surface area is 206 Å². The normalized spacial score (nSPS) is 16.0. The Morgan fingerprint density at radius 2 is 1.56 bits per heavy atom. The predicted molar refractivity (Wildman–Crippen MR) is 129 cm³/mol. The highest BCUT2D eigenvalue weighted by atomic mass is 35.5. The number of fused-ring (bicyclic) bond motifs is 1. The van der Waals surface area contributed by atoms with Crippen LogP contribution in [0.25, 0.3) is 17.5 Å². The van der Waals surface area contributed by atoms with E-state index in [-0.39, 0.29) is 22.0 Å². The monoisotopic (exact) mass is 518 g/mol. The van der Waals surface area contributed by atoms with Crippen molar-refractivity contribution in [3.8, 4) is 12.1 Å². The van der Waals surface area contributed by atoms with Gasteiger partial charge in [-0.2, -0.15) is 10.5 Å². The Morgan fingerprint density at radius 1 is 0.938 bits per heavy atom. The number of nitrogens with two attached hydrogens (primary N) is 1. The van der Waals surface area contributed by atoms with E-state index in [0.29, 0.717) is 35.4 Å². The van der Waals surface area contributed by atoms with Crippen molar-refractivity contribution < 1.29 is 0 Å². The molecule has 0 saturated heterocycles. The van der Waals surface area contributed by atoms with Gasteiger partial charge in [0, 0.05) is 0 Å². The molecular formula is C22H10Cl4N4OS. The van der Waals surface area contributed by atoms with Gasteiger partial charge in [-0.3, -0.25) is 9.36 Å². The fourth-order valence-electron chi connectivity index (χ4n) is 3.43. The Kier molecular flexibility index (Phi) is 6.09. The molecule has 0 bridgehead atoms. The molecular weight excluding hydrogens is 510 g/mol. The Bertz CT molecular complexity index is 1590. The Balaban J connectivity index is 2.04. The molecule has 0 amide bonds. The minimum absolute atomic E-state index is 0.0346. The van der Waals surface area contributed by atoms with Crippen LogP contribution in [-0.4, -0.2) is 4.57 Å². The zero-order chi connectivity index (χ0) is 23.2. The number of benzene rings is 2. The molecule has 1 atom stereocenters. The van der Waals surface area contributed by atoms with Gasteiger partial charge in [-0.15, -0.1) is 11.3 Å². The maximum Gasteiger partial charge on any atom is 0.274 e. The topological polar surface area (TPSA) is 95.6 Å². The van der Waals surface area contributed by atoms with Crippen molar-refractivity contribution in [3.05, 3.63) is 92.7 Å². The number of hydrogen-bond donors (Lipinski definition) is 1. The first-order valence-electron chi connectivity index (χ1n) is 8.94. The summed E-state index contributed by atoms with van der Waals surface area (Å²) in [6.45, 7) is 0. The molecule has 4 rings (SSSR count). The molecule has 0 unspecified atom stereocenters. The van der Waals surface area contributed by atoms with E-state index in [0.717, 1.165) is 11.3 Å². The average Bonchev–Trinajstić information content (AvgIpc) is 3.08. The number of rotatable bonds is 2. The molecule has 2 aromatic carbocycles. The molecule has 0 radical (unpaired) electrons. The lowest BCUT2D eigenvalue weighted by molar-refractivity contribution is 0.906. The lowest BCUT2D eigenvalue weighted by atomic mass is 9.84. The van der Waals surface area contributed by atoms with Gasteiger partial charge in [0.05, 0.1) is 53.8 Å². The average molecular weight is 520 g/mol. The standard InChI is InChI=1S/C22H10Cl4N4OS/c23-14-3-1-10(5-16(14)25)6-18-21(31)30-20(29)12(8-27)19(13(9-28)22(30)32-18)11-2-4-15(24)17(26)7-11/h1-7,19H,29H2/b18-6-/t19-/m0/s1. The van der Waals surface area contributed by atoms with Crippen molar-refractivity contribution in [2.24, 2.45) is 5.73 Å². The van der Waals surface area contributed by atoms with Gasteiger partial charge in [-0.1, -0.05) is 58.5 Å². The van der Waals surface area contributed by atoms with E-state index < -0.39 is 11.5 Å². The number of thiazole rings is 1. The second-order valence-corrected chi connectivity index (χ2v) is 9.43. The molecule has 0 aliphatic carbocycles. The van der Waals surface area contributed by atoms with E-state index in [2.05, 4.69) is 12.1 Å². The molecule has 3 aromatic rings. The van der Waals surface area contributed by atoms with Crippen LogP contribution >= 0.6 is 57.7 Å². The summed E-state index contributed by atoms with van der Waals surface area (Å²) in [6, 6.07) is 14.0. The molecule has 0 saturated carbocycles. The minimum Gasteiger partial charge on any atom is -0.384 e. The lowest BCUT2D eigenvalue weighted by Crippen LogP contribution is -2.38. The maximum atomic E-state index is 13.1. The van der Waals surface area contributed by atoms with Crippen molar-refractivity contribution in [3.63, 3.8) is 0 Å². The third kappa shape index (κ3) is 3.71. The van der Waals surface area contributed by atoms with Crippen molar-refractivity contribution >= 4 is 75.2 Å². The predicted octanol–water partition coefficient (Wildman–Crippen LogP) is 4.47. The van der Waals surface area contributed by atoms with Gasteiger partial charge in [-0.05, 0) is 41.5 Å². The van der Waals surface area contributed by atoms with Crippen LogP contribution in [0.2, 0.25) is 20.1 Å². The Morgan fingerprint density at radius 3 is 2.16 bits per heavy atom. The van der Waals surface area contributed by atoms with Gasteiger partial charge >= 0.3 is 0 Å². The summed E-state index contributed by atoms with van der Waals surface area (Å²) in [6.07, 6.45) is 1.63. The molecule has 2 heterocycles. The number of nitriles is 2. The lowest BCUT2D eigenvalue weighted by Gasteiger charge is -2.22. The summed E-state index contributed by atoms with van der Waals surface area (Å²) < 4.78 is 1.86. The van der Waals surface area contributed by atoms with E-state index in [1.807, 2.05) is 0 Å². The second-order valence-electron chi connectivity index (χ2n) is 6.77. The van der Waals surface area contributed by atoms with Crippen molar-refractivity contribution in [1.29, 1.82) is 10.5 Å². The summed E-state index contributed by atoms with van der Waals surface area (Å²) in [7, 11) is 0. The number of nitrogens with zero attached hydrogens (tertiary/aromatic N) is 3. The van der Waals surface area contributed by atoms with Crippen LogP contribution in [0.15, 0.2) is 46.8 Å². The van der Waals surface area contributed by atoms with E-state index in [4.69, 9.17) is 52.1 Å². The Hall–Kier alpha value is -2.71. The van der Waals surface area contributed by atoms with Gasteiger partial charge in [0.1, 0.15) is 10.5 Å². The van der Waals surface area contributed by atoms with E-state index in [1.54, 1.807) is 42.5 Å². The van der Waals surface area contributed by atoms with Crippen molar-refractivity contribution in [2.75, 3.05) is 0 Å². The van der Waals surface area contributed by atoms with Gasteiger partial charge in [0.15, 0.2) is 0 Å². The summed E-state index contributed by atoms with van der Waals surface area (Å²) >= 11 is 25.3. The molecule has 1 aliphatic rings. The van der Waals surface area contributed by atoms with Gasteiger partial charge in [0.2, 0.25) is 0 Å². The highest BCUT2D eigenvalue weighted by Crippen LogP contribution is 2.37. The summed E-state index contributed by atoms with van der Waals surface area (Å²) in [4.78, 5) is 13.1.